The maximum absolute atomic E-state index is 11.2. The molecule has 2 aliphatic heterocycles. The molecule has 2 saturated heterocycles. The average molecular weight is 273 g/mol. The third kappa shape index (κ3) is 1.80. The molecule has 2 heterocycles. The number of hydrogen-bond acceptors (Lipinski definition) is 4. The molecule has 0 bridgehead atoms. The second-order valence-corrected chi connectivity index (χ2v) is 5.29. The molecule has 8 heteroatoms. The van der Waals surface area contributed by atoms with Gasteiger partial charge in [-0.15, -0.1) is 35.8 Å². The highest BCUT2D eigenvalue weighted by molar-refractivity contribution is 8.00. The Morgan fingerprint density at radius 3 is 2.87 bits per heavy atom. The van der Waals surface area contributed by atoms with Gasteiger partial charge in [0.15, 0.2) is 4.87 Å². The number of nitrogens with zero attached hydrogens (tertiary/aromatic N) is 1. The minimum absolute atomic E-state index is 0. The quantitative estimate of drug-likeness (QED) is 0.507. The summed E-state index contributed by atoms with van der Waals surface area (Å²) in [4.78, 5) is 22.1. The molecule has 2 unspecified atom stereocenters. The molecule has 3 atom stereocenters. The first-order valence-electron chi connectivity index (χ1n) is 4.06. The van der Waals surface area contributed by atoms with Crippen LogP contribution in [0.2, 0.25) is 0 Å². The Labute approximate surface area is 102 Å². The SMILES string of the molecule is Cl.NC1C(=O)N2CC(Cl)(C(=O)O)CS[C@H]12. The lowest BCUT2D eigenvalue weighted by molar-refractivity contribution is -0.148. The van der Waals surface area contributed by atoms with Crippen molar-refractivity contribution >= 4 is 47.6 Å². The van der Waals surface area contributed by atoms with E-state index in [0.29, 0.717) is 0 Å². The lowest BCUT2D eigenvalue weighted by atomic mass is 10.0. The van der Waals surface area contributed by atoms with Gasteiger partial charge in [0.25, 0.3) is 0 Å². The van der Waals surface area contributed by atoms with Crippen molar-refractivity contribution in [2.24, 2.45) is 5.73 Å². The Balaban J connectivity index is 0.00000112. The third-order valence-electron chi connectivity index (χ3n) is 2.47. The zero-order valence-corrected chi connectivity index (χ0v) is 9.94. The Morgan fingerprint density at radius 1 is 1.73 bits per heavy atom. The van der Waals surface area contributed by atoms with E-state index in [1.165, 1.54) is 16.7 Å². The number of halogens is 2. The molecule has 15 heavy (non-hydrogen) atoms. The molecular formula is C7H10Cl2N2O3S. The highest BCUT2D eigenvalue weighted by atomic mass is 35.5. The van der Waals surface area contributed by atoms with Gasteiger partial charge in [-0.1, -0.05) is 0 Å². The Morgan fingerprint density at radius 2 is 2.33 bits per heavy atom. The van der Waals surface area contributed by atoms with Crippen LogP contribution in [-0.4, -0.2) is 50.5 Å². The summed E-state index contributed by atoms with van der Waals surface area (Å²) in [5.41, 5.74) is 5.54. The van der Waals surface area contributed by atoms with Crippen LogP contribution in [0.3, 0.4) is 0 Å². The van der Waals surface area contributed by atoms with Crippen molar-refractivity contribution in [3.63, 3.8) is 0 Å². The number of carboxylic acid groups (broad SMARTS) is 1. The van der Waals surface area contributed by atoms with Gasteiger partial charge in [-0.05, 0) is 0 Å². The summed E-state index contributed by atoms with van der Waals surface area (Å²) in [5.74, 6) is -1.02. The highest BCUT2D eigenvalue weighted by Gasteiger charge is 2.55. The van der Waals surface area contributed by atoms with Crippen LogP contribution in [0.1, 0.15) is 0 Å². The summed E-state index contributed by atoms with van der Waals surface area (Å²) in [6.45, 7) is 0.0497. The highest BCUT2D eigenvalue weighted by Crippen LogP contribution is 2.40. The van der Waals surface area contributed by atoms with Gasteiger partial charge in [-0.2, -0.15) is 0 Å². The van der Waals surface area contributed by atoms with Crippen molar-refractivity contribution < 1.29 is 14.7 Å². The third-order valence-corrected chi connectivity index (χ3v) is 4.59. The number of amides is 1. The Bertz CT molecular complexity index is 317. The summed E-state index contributed by atoms with van der Waals surface area (Å²) in [6.07, 6.45) is 0. The number of carbonyl (C=O) groups is 2. The summed E-state index contributed by atoms with van der Waals surface area (Å²) < 4.78 is 0. The lowest BCUT2D eigenvalue weighted by Gasteiger charge is -2.51. The number of rotatable bonds is 1. The fourth-order valence-corrected chi connectivity index (χ4v) is 3.22. The topological polar surface area (TPSA) is 83.6 Å². The number of β-lactam (4-membered cyclic amide) rings is 1. The number of hydrogen-bond donors (Lipinski definition) is 2. The number of carbonyl (C=O) groups excluding carboxylic acids is 1. The number of carboxylic acids is 1. The van der Waals surface area contributed by atoms with Crippen molar-refractivity contribution in [1.82, 2.24) is 4.90 Å². The van der Waals surface area contributed by atoms with E-state index in [9.17, 15) is 9.59 Å². The molecule has 86 valence electrons. The standard InChI is InChI=1S/C7H9ClN2O3S.ClH/c8-7(6(12)13)1-10-4(11)3(9)5(10)14-2-7;/h3,5H,1-2,9H2,(H,12,13);1H/t3?,5-,7?;/m1./s1. The first kappa shape index (κ1) is 12.9. The fourth-order valence-electron chi connectivity index (χ4n) is 1.57. The van der Waals surface area contributed by atoms with Crippen LogP contribution >= 0.6 is 35.8 Å². The van der Waals surface area contributed by atoms with E-state index in [0.717, 1.165) is 0 Å². The maximum Gasteiger partial charge on any atom is 0.327 e. The number of fused-ring (bicyclic) bond motifs is 1. The first-order chi connectivity index (χ1) is 6.46. The zero-order valence-electron chi connectivity index (χ0n) is 7.55. The summed E-state index contributed by atoms with van der Waals surface area (Å²) in [6, 6.07) is -0.491. The molecule has 2 aliphatic rings. The molecule has 0 saturated carbocycles. The Kier molecular flexibility index (Phi) is 3.45. The van der Waals surface area contributed by atoms with Gasteiger partial charge in [0.2, 0.25) is 5.91 Å². The second kappa shape index (κ2) is 4.01. The molecule has 0 aliphatic carbocycles. The van der Waals surface area contributed by atoms with Crippen molar-refractivity contribution in [3.05, 3.63) is 0 Å². The molecule has 2 fully saturated rings. The summed E-state index contributed by atoms with van der Waals surface area (Å²) in [5, 5.41) is 8.77. The normalized spacial score (nSPS) is 38.8. The van der Waals surface area contributed by atoms with Crippen molar-refractivity contribution in [2.75, 3.05) is 12.3 Å². The second-order valence-electron chi connectivity index (χ2n) is 3.46. The van der Waals surface area contributed by atoms with E-state index in [4.69, 9.17) is 22.4 Å². The summed E-state index contributed by atoms with van der Waals surface area (Å²) in [7, 11) is 0. The fraction of sp³-hybridized carbons (Fsp3) is 0.714. The average Bonchev–Trinajstić information content (AvgIpc) is 2.16. The van der Waals surface area contributed by atoms with Gasteiger partial charge in [-0.3, -0.25) is 9.59 Å². The van der Waals surface area contributed by atoms with Crippen molar-refractivity contribution in [1.29, 1.82) is 0 Å². The maximum atomic E-state index is 11.2. The largest absolute Gasteiger partial charge is 0.480 e. The van der Waals surface area contributed by atoms with Crippen LogP contribution in [0.4, 0.5) is 0 Å². The van der Waals surface area contributed by atoms with Crippen molar-refractivity contribution in [2.45, 2.75) is 16.3 Å². The molecule has 0 spiro atoms. The molecule has 2 rings (SSSR count). The van der Waals surface area contributed by atoms with E-state index < -0.39 is 16.9 Å². The van der Waals surface area contributed by atoms with E-state index in [-0.39, 0.29) is 36.0 Å². The van der Waals surface area contributed by atoms with Gasteiger partial charge in [0.05, 0.1) is 6.54 Å². The van der Waals surface area contributed by atoms with Crippen LogP contribution in [-0.2, 0) is 9.59 Å². The van der Waals surface area contributed by atoms with Gasteiger partial charge >= 0.3 is 5.97 Å². The van der Waals surface area contributed by atoms with Crippen LogP contribution in [0.15, 0.2) is 0 Å². The first-order valence-corrected chi connectivity index (χ1v) is 5.48. The number of nitrogens with two attached hydrogens (primary N) is 1. The number of thioether (sulfide) groups is 1. The molecular weight excluding hydrogens is 263 g/mol. The van der Waals surface area contributed by atoms with Crippen LogP contribution in [0.25, 0.3) is 0 Å². The van der Waals surface area contributed by atoms with Crippen LogP contribution < -0.4 is 5.73 Å². The van der Waals surface area contributed by atoms with E-state index in [1.807, 2.05) is 0 Å². The molecule has 5 nitrogen and oxygen atoms in total. The van der Waals surface area contributed by atoms with E-state index >= 15 is 0 Å². The van der Waals surface area contributed by atoms with Crippen LogP contribution in [0.5, 0.6) is 0 Å². The predicted molar refractivity (Wildman–Crippen MR) is 59.4 cm³/mol. The number of alkyl halides is 1. The van der Waals surface area contributed by atoms with Gasteiger partial charge < -0.3 is 15.7 Å². The van der Waals surface area contributed by atoms with Gasteiger partial charge in [0.1, 0.15) is 11.4 Å². The molecule has 3 N–H and O–H groups in total. The monoisotopic (exact) mass is 272 g/mol. The zero-order chi connectivity index (χ0) is 10.5. The predicted octanol–water partition coefficient (Wildman–Crippen LogP) is -0.287. The minimum Gasteiger partial charge on any atom is -0.480 e. The molecule has 0 radical (unpaired) electrons. The Hall–Kier alpha value is -0.170. The van der Waals surface area contributed by atoms with Crippen LogP contribution in [0, 0.1) is 0 Å². The van der Waals surface area contributed by atoms with Gasteiger partial charge in [-0.25, -0.2) is 0 Å². The molecule has 1 amide bonds. The van der Waals surface area contributed by atoms with Gasteiger partial charge in [0, 0.05) is 5.75 Å². The smallest absolute Gasteiger partial charge is 0.327 e. The molecule has 0 aromatic carbocycles. The molecule has 0 aromatic rings. The van der Waals surface area contributed by atoms with E-state index in [2.05, 4.69) is 0 Å². The van der Waals surface area contributed by atoms with E-state index in [1.54, 1.807) is 0 Å². The number of aliphatic carboxylic acids is 1. The van der Waals surface area contributed by atoms with Crippen molar-refractivity contribution in [3.8, 4) is 0 Å². The lowest BCUT2D eigenvalue weighted by Crippen LogP contribution is -2.72. The summed E-state index contributed by atoms with van der Waals surface area (Å²) >= 11 is 7.19. The minimum atomic E-state index is -1.35. The molecule has 0 aromatic heterocycles.